The van der Waals surface area contributed by atoms with Crippen LogP contribution in [0.2, 0.25) is 0 Å². The molecule has 0 atom stereocenters. The average Bonchev–Trinajstić information content (AvgIpc) is 3.20. The third-order valence-electron chi connectivity index (χ3n) is 4.72. The van der Waals surface area contributed by atoms with Crippen LogP contribution in [-0.4, -0.2) is 67.3 Å². The summed E-state index contributed by atoms with van der Waals surface area (Å²) in [5, 5.41) is 7.96. The highest BCUT2D eigenvalue weighted by Crippen LogP contribution is 2.21. The summed E-state index contributed by atoms with van der Waals surface area (Å²) >= 11 is 0. The molecule has 0 spiro atoms. The molecule has 30 heavy (non-hydrogen) atoms. The lowest BCUT2D eigenvalue weighted by Gasteiger charge is -2.26. The summed E-state index contributed by atoms with van der Waals surface area (Å²) in [6, 6.07) is 11.4. The largest absolute Gasteiger partial charge is 0.465 e. The molecule has 11 heteroatoms. The van der Waals surface area contributed by atoms with Gasteiger partial charge in [-0.25, -0.2) is 13.2 Å². The van der Waals surface area contributed by atoms with Crippen molar-refractivity contribution in [1.82, 2.24) is 19.5 Å². The lowest BCUT2D eigenvalue weighted by Crippen LogP contribution is -2.40. The SMILES string of the molecule is COC(=O)c1ccc(COn2nnc3ccc(S(=O)(=O)N4CCOCC4)cc32)cc1. The summed E-state index contributed by atoms with van der Waals surface area (Å²) in [5.41, 5.74) is 2.18. The zero-order valence-electron chi connectivity index (χ0n) is 16.2. The summed E-state index contributed by atoms with van der Waals surface area (Å²) < 4.78 is 37.1. The van der Waals surface area contributed by atoms with Gasteiger partial charge < -0.3 is 14.3 Å². The molecular formula is C19H20N4O6S. The van der Waals surface area contributed by atoms with Crippen molar-refractivity contribution in [2.75, 3.05) is 33.4 Å². The van der Waals surface area contributed by atoms with E-state index >= 15 is 0 Å². The number of carbonyl (C=O) groups excluding carboxylic acids is 1. The smallest absolute Gasteiger partial charge is 0.337 e. The minimum Gasteiger partial charge on any atom is -0.465 e. The summed E-state index contributed by atoms with van der Waals surface area (Å²) in [6.07, 6.45) is 0. The number of ether oxygens (including phenoxy) is 2. The molecule has 0 radical (unpaired) electrons. The van der Waals surface area contributed by atoms with Gasteiger partial charge in [-0.3, -0.25) is 0 Å². The van der Waals surface area contributed by atoms with E-state index in [1.54, 1.807) is 30.3 Å². The van der Waals surface area contributed by atoms with Gasteiger partial charge in [0.1, 0.15) is 17.6 Å². The van der Waals surface area contributed by atoms with Crippen LogP contribution in [0.25, 0.3) is 11.0 Å². The Morgan fingerprint density at radius 1 is 1.13 bits per heavy atom. The topological polar surface area (TPSA) is 113 Å². The first kappa shape index (κ1) is 20.3. The van der Waals surface area contributed by atoms with Gasteiger partial charge in [-0.1, -0.05) is 17.0 Å². The Morgan fingerprint density at radius 3 is 2.57 bits per heavy atom. The second kappa shape index (κ2) is 8.38. The first-order chi connectivity index (χ1) is 14.5. The van der Waals surface area contributed by atoms with Gasteiger partial charge in [-0.2, -0.15) is 4.31 Å². The molecule has 1 aromatic heterocycles. The number of fused-ring (bicyclic) bond motifs is 1. The van der Waals surface area contributed by atoms with Crippen molar-refractivity contribution in [3.8, 4) is 0 Å². The molecule has 158 valence electrons. The van der Waals surface area contributed by atoms with E-state index < -0.39 is 16.0 Å². The molecule has 0 aliphatic carbocycles. The summed E-state index contributed by atoms with van der Waals surface area (Å²) in [6.45, 7) is 1.53. The molecule has 1 aliphatic rings. The Balaban J connectivity index is 1.54. The van der Waals surface area contributed by atoms with Crippen LogP contribution in [0.5, 0.6) is 0 Å². The second-order valence-corrected chi connectivity index (χ2v) is 8.53. The maximum absolute atomic E-state index is 12.9. The Bertz CT molecular complexity index is 1150. The minimum atomic E-state index is -3.65. The lowest BCUT2D eigenvalue weighted by atomic mass is 10.1. The number of benzene rings is 2. The van der Waals surface area contributed by atoms with E-state index in [4.69, 9.17) is 9.57 Å². The second-order valence-electron chi connectivity index (χ2n) is 6.59. The molecule has 0 N–H and O–H groups in total. The number of methoxy groups -OCH3 is 1. The van der Waals surface area contributed by atoms with Crippen molar-refractivity contribution in [3.63, 3.8) is 0 Å². The van der Waals surface area contributed by atoms with Crippen molar-refractivity contribution >= 4 is 27.0 Å². The van der Waals surface area contributed by atoms with Crippen LogP contribution in [0, 0.1) is 0 Å². The van der Waals surface area contributed by atoms with Crippen LogP contribution in [0.4, 0.5) is 0 Å². The predicted octanol–water partition coefficient (Wildman–Crippen LogP) is 0.868. The molecule has 1 aliphatic heterocycles. The number of morpholine rings is 1. The number of nitrogens with zero attached hydrogens (tertiary/aromatic N) is 4. The van der Waals surface area contributed by atoms with Crippen molar-refractivity contribution in [3.05, 3.63) is 53.6 Å². The van der Waals surface area contributed by atoms with E-state index in [1.165, 1.54) is 28.4 Å². The van der Waals surface area contributed by atoms with Gasteiger partial charge in [-0.15, -0.1) is 5.10 Å². The van der Waals surface area contributed by atoms with Gasteiger partial charge in [0.15, 0.2) is 0 Å². The molecule has 4 rings (SSSR count). The summed E-state index contributed by atoms with van der Waals surface area (Å²) in [7, 11) is -2.32. The highest BCUT2D eigenvalue weighted by Gasteiger charge is 2.27. The van der Waals surface area contributed by atoms with Gasteiger partial charge >= 0.3 is 5.97 Å². The molecule has 0 saturated carbocycles. The maximum Gasteiger partial charge on any atom is 0.337 e. The molecule has 1 saturated heterocycles. The highest BCUT2D eigenvalue weighted by molar-refractivity contribution is 7.89. The highest BCUT2D eigenvalue weighted by atomic mass is 32.2. The van der Waals surface area contributed by atoms with Crippen molar-refractivity contribution in [1.29, 1.82) is 0 Å². The van der Waals surface area contributed by atoms with Gasteiger partial charge in [0.25, 0.3) is 0 Å². The number of hydrogen-bond donors (Lipinski definition) is 0. The molecule has 0 bridgehead atoms. The Labute approximate surface area is 172 Å². The monoisotopic (exact) mass is 432 g/mol. The lowest BCUT2D eigenvalue weighted by molar-refractivity contribution is 0.0600. The van der Waals surface area contributed by atoms with Gasteiger partial charge in [0.2, 0.25) is 10.0 Å². The number of carbonyl (C=O) groups is 1. The van der Waals surface area contributed by atoms with Gasteiger partial charge in [0, 0.05) is 13.1 Å². The van der Waals surface area contributed by atoms with Crippen LogP contribution in [0.15, 0.2) is 47.4 Å². The van der Waals surface area contributed by atoms with E-state index in [-0.39, 0.29) is 11.5 Å². The normalized spacial score (nSPS) is 15.2. The molecule has 3 aromatic rings. The molecule has 1 fully saturated rings. The Kier molecular flexibility index (Phi) is 5.66. The van der Waals surface area contributed by atoms with E-state index in [2.05, 4.69) is 15.0 Å². The molecule has 2 aromatic carbocycles. The Morgan fingerprint density at radius 2 is 1.87 bits per heavy atom. The van der Waals surface area contributed by atoms with Gasteiger partial charge in [-0.05, 0) is 41.1 Å². The third-order valence-corrected chi connectivity index (χ3v) is 6.62. The quantitative estimate of drug-likeness (QED) is 0.527. The molecule has 0 amide bonds. The number of rotatable bonds is 6. The van der Waals surface area contributed by atoms with Crippen molar-refractivity contribution in [2.24, 2.45) is 0 Å². The molecule has 10 nitrogen and oxygen atoms in total. The maximum atomic E-state index is 12.9. The average molecular weight is 432 g/mol. The first-order valence-electron chi connectivity index (χ1n) is 9.23. The van der Waals surface area contributed by atoms with Crippen LogP contribution >= 0.6 is 0 Å². The fourth-order valence-electron chi connectivity index (χ4n) is 3.06. The summed E-state index contributed by atoms with van der Waals surface area (Å²) in [5.74, 6) is -0.418. The van der Waals surface area contributed by atoms with Crippen LogP contribution in [-0.2, 0) is 26.1 Å². The number of sulfonamides is 1. The number of esters is 1. The van der Waals surface area contributed by atoms with Gasteiger partial charge in [0.05, 0.1) is 30.8 Å². The number of hydrogen-bond acceptors (Lipinski definition) is 8. The fourth-order valence-corrected chi connectivity index (χ4v) is 4.49. The standard InChI is InChI=1S/C19H20N4O6S/c1-27-19(24)15-4-2-14(3-5-15)13-29-23-18-12-16(6-7-17(18)20-21-23)30(25,26)22-8-10-28-11-9-22/h2-7,12H,8-11,13H2,1H3. The van der Waals surface area contributed by atoms with E-state index in [9.17, 15) is 13.2 Å². The van der Waals surface area contributed by atoms with Crippen molar-refractivity contribution < 1.29 is 27.5 Å². The molecule has 2 heterocycles. The zero-order valence-corrected chi connectivity index (χ0v) is 17.0. The van der Waals surface area contributed by atoms with Crippen molar-refractivity contribution in [2.45, 2.75) is 11.5 Å². The van der Waals surface area contributed by atoms with Crippen LogP contribution in [0.3, 0.4) is 0 Å². The fraction of sp³-hybridized carbons (Fsp3) is 0.316. The Hall–Kier alpha value is -3.02. The molecule has 0 unspecified atom stereocenters. The van der Waals surface area contributed by atoms with E-state index in [0.717, 1.165) is 5.56 Å². The molecular weight excluding hydrogens is 412 g/mol. The minimum absolute atomic E-state index is 0.145. The predicted molar refractivity (Wildman–Crippen MR) is 105 cm³/mol. The number of aromatic nitrogens is 3. The zero-order chi connectivity index (χ0) is 21.1. The third kappa shape index (κ3) is 3.99. The van der Waals surface area contributed by atoms with E-state index in [0.29, 0.717) is 42.9 Å². The van der Waals surface area contributed by atoms with Crippen LogP contribution in [0.1, 0.15) is 15.9 Å². The summed E-state index contributed by atoms with van der Waals surface area (Å²) in [4.78, 5) is 18.5. The van der Waals surface area contributed by atoms with Crippen LogP contribution < -0.4 is 4.84 Å². The first-order valence-corrected chi connectivity index (χ1v) is 10.7. The van der Waals surface area contributed by atoms with E-state index in [1.807, 2.05) is 0 Å².